The van der Waals surface area contributed by atoms with Crippen LogP contribution in [0.5, 0.6) is 0 Å². The predicted octanol–water partition coefficient (Wildman–Crippen LogP) is -0.646. The van der Waals surface area contributed by atoms with Crippen LogP contribution in [0.25, 0.3) is 10.9 Å². The maximum absolute atomic E-state index is 12.9. The smallest absolute Gasteiger partial charge is 0.243 e. The fourth-order valence-corrected chi connectivity index (χ4v) is 4.38. The van der Waals surface area contributed by atoms with Gasteiger partial charge < -0.3 is 25.7 Å². The Hall–Kier alpha value is -3.56. The Labute approximate surface area is 185 Å². The molecular weight excluding hydrogens is 414 g/mol. The normalized spacial score (nSPS) is 22.8. The summed E-state index contributed by atoms with van der Waals surface area (Å²) in [5, 5.41) is 8.84. The van der Waals surface area contributed by atoms with E-state index in [4.69, 9.17) is 4.84 Å². The molecule has 3 heterocycles. The van der Waals surface area contributed by atoms with Crippen LogP contribution in [0, 0.1) is 0 Å². The van der Waals surface area contributed by atoms with Crippen molar-refractivity contribution in [2.24, 2.45) is 0 Å². The number of nitrogens with one attached hydrogen (secondary N) is 3. The maximum atomic E-state index is 12.9. The molecular formula is C22H27N5O5. The highest BCUT2D eigenvalue weighted by molar-refractivity contribution is 5.96. The number of hydrogen-bond acceptors (Lipinski definition) is 5. The summed E-state index contributed by atoms with van der Waals surface area (Å²) in [6.07, 6.45) is 4.14. The first-order valence-corrected chi connectivity index (χ1v) is 10.8. The van der Waals surface area contributed by atoms with Gasteiger partial charge in [-0.15, -0.1) is 0 Å². The quantitative estimate of drug-likeness (QED) is 0.585. The molecule has 2 aliphatic rings. The molecule has 0 saturated carbocycles. The molecule has 2 atom stereocenters. The molecule has 0 spiro atoms. The van der Waals surface area contributed by atoms with Gasteiger partial charge in [0.25, 0.3) is 0 Å². The summed E-state index contributed by atoms with van der Waals surface area (Å²) >= 11 is 0. The largest absolute Gasteiger partial charge is 0.417 e. The molecule has 3 N–H and O–H groups in total. The van der Waals surface area contributed by atoms with Gasteiger partial charge in [-0.3, -0.25) is 19.2 Å². The van der Waals surface area contributed by atoms with Crippen LogP contribution in [0.4, 0.5) is 0 Å². The first-order valence-electron chi connectivity index (χ1n) is 10.8. The lowest BCUT2D eigenvalue weighted by Crippen LogP contribution is -2.58. The third-order valence-electron chi connectivity index (χ3n) is 6.00. The lowest BCUT2D eigenvalue weighted by atomic mass is 10.0. The molecule has 170 valence electrons. The Balaban J connectivity index is 1.57. The van der Waals surface area contributed by atoms with Gasteiger partial charge in [-0.05, 0) is 30.9 Å². The van der Waals surface area contributed by atoms with Crippen LogP contribution < -0.4 is 20.8 Å². The SMILES string of the molecule is COn1cc(CC2NC(=O)CNC(=O)[C@H]3CCCCN3C(=O)CNC2=O)c2ccccc21. The van der Waals surface area contributed by atoms with Crippen LogP contribution >= 0.6 is 0 Å². The Morgan fingerprint density at radius 1 is 1.03 bits per heavy atom. The van der Waals surface area contributed by atoms with E-state index in [0.29, 0.717) is 13.0 Å². The van der Waals surface area contributed by atoms with E-state index in [1.54, 1.807) is 18.0 Å². The second-order valence-electron chi connectivity index (χ2n) is 8.04. The molecule has 2 aromatic rings. The van der Waals surface area contributed by atoms with Crippen LogP contribution in [0.15, 0.2) is 30.5 Å². The minimum absolute atomic E-state index is 0.197. The third kappa shape index (κ3) is 4.39. The number of para-hydroxylation sites is 1. The number of aromatic nitrogens is 1. The second kappa shape index (κ2) is 9.29. The van der Waals surface area contributed by atoms with Crippen molar-refractivity contribution >= 4 is 34.5 Å². The zero-order valence-electron chi connectivity index (χ0n) is 17.9. The Kier molecular flexibility index (Phi) is 6.29. The molecule has 2 saturated heterocycles. The van der Waals surface area contributed by atoms with Gasteiger partial charge in [0, 0.05) is 24.5 Å². The zero-order chi connectivity index (χ0) is 22.7. The molecule has 2 aliphatic heterocycles. The molecule has 4 rings (SSSR count). The van der Waals surface area contributed by atoms with Gasteiger partial charge in [-0.25, -0.2) is 0 Å². The highest BCUT2D eigenvalue weighted by Crippen LogP contribution is 2.22. The summed E-state index contributed by atoms with van der Waals surface area (Å²) in [5.74, 6) is -1.58. The Morgan fingerprint density at radius 2 is 1.81 bits per heavy atom. The minimum Gasteiger partial charge on any atom is -0.417 e. The van der Waals surface area contributed by atoms with E-state index in [2.05, 4.69) is 16.0 Å². The van der Waals surface area contributed by atoms with Crippen molar-refractivity contribution in [1.82, 2.24) is 25.6 Å². The Bertz CT molecular complexity index is 1050. The summed E-state index contributed by atoms with van der Waals surface area (Å²) in [4.78, 5) is 57.6. The summed E-state index contributed by atoms with van der Waals surface area (Å²) in [6.45, 7) is -0.0330. The van der Waals surface area contributed by atoms with Crippen molar-refractivity contribution in [3.63, 3.8) is 0 Å². The summed E-state index contributed by atoms with van der Waals surface area (Å²) in [5.41, 5.74) is 1.64. The second-order valence-corrected chi connectivity index (χ2v) is 8.04. The van der Waals surface area contributed by atoms with Gasteiger partial charge in [0.15, 0.2) is 0 Å². The van der Waals surface area contributed by atoms with Gasteiger partial charge in [-0.1, -0.05) is 18.2 Å². The van der Waals surface area contributed by atoms with Crippen molar-refractivity contribution in [3.05, 3.63) is 36.0 Å². The predicted molar refractivity (Wildman–Crippen MR) is 115 cm³/mol. The molecule has 10 heteroatoms. The summed E-state index contributed by atoms with van der Waals surface area (Å²) in [7, 11) is 1.54. The minimum atomic E-state index is -0.917. The van der Waals surface area contributed by atoms with E-state index in [0.717, 1.165) is 29.3 Å². The number of carbonyl (C=O) groups excluding carboxylic acids is 4. The molecule has 0 bridgehead atoms. The highest BCUT2D eigenvalue weighted by atomic mass is 16.6. The van der Waals surface area contributed by atoms with E-state index in [1.165, 1.54) is 4.90 Å². The number of nitrogens with zero attached hydrogens (tertiary/aromatic N) is 2. The molecule has 32 heavy (non-hydrogen) atoms. The molecule has 1 aromatic heterocycles. The Morgan fingerprint density at radius 3 is 2.62 bits per heavy atom. The maximum Gasteiger partial charge on any atom is 0.243 e. The van der Waals surface area contributed by atoms with E-state index in [1.807, 2.05) is 24.3 Å². The van der Waals surface area contributed by atoms with Crippen LogP contribution in [0.3, 0.4) is 0 Å². The highest BCUT2D eigenvalue weighted by Gasteiger charge is 2.33. The molecule has 10 nitrogen and oxygen atoms in total. The van der Waals surface area contributed by atoms with Gasteiger partial charge in [0.1, 0.15) is 19.2 Å². The number of fused-ring (bicyclic) bond motifs is 2. The molecule has 0 aliphatic carbocycles. The zero-order valence-corrected chi connectivity index (χ0v) is 17.9. The van der Waals surface area contributed by atoms with Crippen molar-refractivity contribution in [2.75, 3.05) is 26.7 Å². The molecule has 2 fully saturated rings. The van der Waals surface area contributed by atoms with Crippen LogP contribution in [0.2, 0.25) is 0 Å². The number of piperidine rings is 1. The lowest BCUT2D eigenvalue weighted by molar-refractivity contribution is -0.143. The van der Waals surface area contributed by atoms with Crippen molar-refractivity contribution in [1.29, 1.82) is 0 Å². The molecule has 0 radical (unpaired) electrons. The lowest BCUT2D eigenvalue weighted by Gasteiger charge is -2.35. The fraction of sp³-hybridized carbons (Fsp3) is 0.455. The van der Waals surface area contributed by atoms with E-state index in [9.17, 15) is 19.2 Å². The van der Waals surface area contributed by atoms with Gasteiger partial charge in [-0.2, -0.15) is 4.73 Å². The number of amides is 4. The van der Waals surface area contributed by atoms with E-state index >= 15 is 0 Å². The van der Waals surface area contributed by atoms with Crippen molar-refractivity contribution < 1.29 is 24.0 Å². The topological polar surface area (TPSA) is 122 Å². The summed E-state index contributed by atoms with van der Waals surface area (Å²) < 4.78 is 1.60. The number of hydrogen-bond donors (Lipinski definition) is 3. The van der Waals surface area contributed by atoms with Crippen molar-refractivity contribution in [2.45, 2.75) is 37.8 Å². The molecule has 1 aromatic carbocycles. The monoisotopic (exact) mass is 441 g/mol. The van der Waals surface area contributed by atoms with E-state index < -0.39 is 23.9 Å². The van der Waals surface area contributed by atoms with Crippen LogP contribution in [-0.2, 0) is 25.6 Å². The number of carbonyl (C=O) groups is 4. The van der Waals surface area contributed by atoms with Crippen LogP contribution in [0.1, 0.15) is 24.8 Å². The third-order valence-corrected chi connectivity index (χ3v) is 6.00. The number of benzene rings is 1. The van der Waals surface area contributed by atoms with Crippen LogP contribution in [-0.4, -0.2) is 72.1 Å². The summed E-state index contributed by atoms with van der Waals surface area (Å²) in [6, 6.07) is 6.04. The van der Waals surface area contributed by atoms with Crippen molar-refractivity contribution in [3.8, 4) is 0 Å². The molecule has 1 unspecified atom stereocenters. The fourth-order valence-electron chi connectivity index (χ4n) is 4.38. The average molecular weight is 441 g/mol. The van der Waals surface area contributed by atoms with Gasteiger partial charge in [0.2, 0.25) is 23.6 Å². The average Bonchev–Trinajstić information content (AvgIpc) is 3.17. The van der Waals surface area contributed by atoms with E-state index in [-0.39, 0.29) is 31.3 Å². The van der Waals surface area contributed by atoms with Gasteiger partial charge in [0.05, 0.1) is 18.6 Å². The molecule has 4 amide bonds. The first-order chi connectivity index (χ1) is 15.5. The standard InChI is InChI=1S/C22H27N5O5/c1-32-27-13-14(15-6-2-3-7-17(15)27)10-16-21(30)24-12-20(29)26-9-5-4-8-18(26)22(31)23-11-19(28)25-16/h2-3,6-7,13,16,18H,4-5,8-12H2,1H3,(H,23,31)(H,24,30)(H,25,28)/t16?,18-/m1/s1. The van der Waals surface area contributed by atoms with Gasteiger partial charge >= 0.3 is 0 Å². The first kappa shape index (κ1) is 21.7. The number of rotatable bonds is 3.